The van der Waals surface area contributed by atoms with E-state index in [2.05, 4.69) is 12.2 Å². The van der Waals surface area contributed by atoms with Gasteiger partial charge < -0.3 is 5.32 Å². The van der Waals surface area contributed by atoms with Gasteiger partial charge in [-0.1, -0.05) is 24.9 Å². The van der Waals surface area contributed by atoms with E-state index in [0.29, 0.717) is 17.6 Å². The molecular weight excluding hydrogens is 263 g/mol. The summed E-state index contributed by atoms with van der Waals surface area (Å²) >= 11 is 5.90. The van der Waals surface area contributed by atoms with Gasteiger partial charge in [0.15, 0.2) is 0 Å². The second-order valence-corrected chi connectivity index (χ2v) is 5.26. The largest absolute Gasteiger partial charge is 0.416 e. The molecule has 1 aromatic carbocycles. The fraction of sp³-hybridized carbons (Fsp3) is 0.538. The topological polar surface area (TPSA) is 12.0 Å². The number of alkyl halides is 3. The van der Waals surface area contributed by atoms with Crippen molar-refractivity contribution in [2.75, 3.05) is 5.32 Å². The molecule has 0 saturated heterocycles. The first kappa shape index (κ1) is 13.5. The highest BCUT2D eigenvalue weighted by molar-refractivity contribution is 6.33. The summed E-state index contributed by atoms with van der Waals surface area (Å²) in [4.78, 5) is 0. The average Bonchev–Trinajstić information content (AvgIpc) is 2.66. The Balaban J connectivity index is 2.15. The molecule has 1 aromatic rings. The van der Waals surface area contributed by atoms with E-state index in [-0.39, 0.29) is 5.02 Å². The molecule has 2 unspecified atom stereocenters. The lowest BCUT2D eigenvalue weighted by atomic mass is 10.1. The maximum absolute atomic E-state index is 12.5. The molecule has 0 radical (unpaired) electrons. The Morgan fingerprint density at radius 1 is 1.28 bits per heavy atom. The highest BCUT2D eigenvalue weighted by atomic mass is 35.5. The van der Waals surface area contributed by atoms with Crippen LogP contribution in [0, 0.1) is 5.92 Å². The molecule has 1 N–H and O–H groups in total. The van der Waals surface area contributed by atoms with Gasteiger partial charge in [0, 0.05) is 6.04 Å². The van der Waals surface area contributed by atoms with E-state index in [0.717, 1.165) is 31.4 Å². The Morgan fingerprint density at radius 2 is 2.00 bits per heavy atom. The van der Waals surface area contributed by atoms with Crippen LogP contribution in [0.25, 0.3) is 0 Å². The molecule has 0 aromatic heterocycles. The third-order valence-corrected chi connectivity index (χ3v) is 3.81. The Hall–Kier alpha value is -0.900. The van der Waals surface area contributed by atoms with Crippen molar-refractivity contribution in [3.05, 3.63) is 28.8 Å². The summed E-state index contributed by atoms with van der Waals surface area (Å²) in [6, 6.07) is 3.76. The van der Waals surface area contributed by atoms with Crippen LogP contribution in [0.2, 0.25) is 5.02 Å². The second kappa shape index (κ2) is 5.00. The van der Waals surface area contributed by atoms with Crippen molar-refractivity contribution in [2.45, 2.75) is 38.4 Å². The number of halogens is 4. The second-order valence-electron chi connectivity index (χ2n) is 4.85. The third-order valence-electron chi connectivity index (χ3n) is 3.50. The van der Waals surface area contributed by atoms with Crippen LogP contribution in [0.5, 0.6) is 0 Å². The van der Waals surface area contributed by atoms with E-state index in [1.54, 1.807) is 0 Å². The number of rotatable bonds is 2. The maximum atomic E-state index is 12.5. The zero-order valence-corrected chi connectivity index (χ0v) is 10.8. The molecule has 2 rings (SSSR count). The lowest BCUT2D eigenvalue weighted by Crippen LogP contribution is -2.22. The van der Waals surface area contributed by atoms with Crippen LogP contribution < -0.4 is 5.32 Å². The van der Waals surface area contributed by atoms with E-state index in [9.17, 15) is 13.2 Å². The van der Waals surface area contributed by atoms with Gasteiger partial charge in [-0.25, -0.2) is 0 Å². The first-order valence-corrected chi connectivity index (χ1v) is 6.39. The molecule has 0 spiro atoms. The van der Waals surface area contributed by atoms with Gasteiger partial charge in [0.05, 0.1) is 16.3 Å². The SMILES string of the molecule is CC1CCCC1Nc1ccc(C(F)(F)F)cc1Cl. The predicted molar refractivity (Wildman–Crippen MR) is 66.9 cm³/mol. The van der Waals surface area contributed by atoms with Crippen molar-refractivity contribution in [1.82, 2.24) is 0 Å². The van der Waals surface area contributed by atoms with Crippen molar-refractivity contribution in [3.63, 3.8) is 0 Å². The first-order chi connectivity index (χ1) is 8.38. The smallest absolute Gasteiger partial charge is 0.381 e. The first-order valence-electron chi connectivity index (χ1n) is 6.01. The van der Waals surface area contributed by atoms with E-state index in [4.69, 9.17) is 11.6 Å². The van der Waals surface area contributed by atoms with Gasteiger partial charge in [-0.3, -0.25) is 0 Å². The normalized spacial score (nSPS) is 24.3. The molecule has 100 valence electrons. The Bertz CT molecular complexity index is 431. The summed E-state index contributed by atoms with van der Waals surface area (Å²) < 4.78 is 37.5. The Morgan fingerprint density at radius 3 is 2.50 bits per heavy atom. The number of benzene rings is 1. The quantitative estimate of drug-likeness (QED) is 0.806. The van der Waals surface area contributed by atoms with Crippen LogP contribution in [-0.4, -0.2) is 6.04 Å². The zero-order valence-electron chi connectivity index (χ0n) is 10.0. The molecule has 1 fully saturated rings. The third kappa shape index (κ3) is 2.91. The number of anilines is 1. The van der Waals surface area contributed by atoms with Crippen LogP contribution in [0.4, 0.5) is 18.9 Å². The predicted octanol–water partition coefficient (Wildman–Crippen LogP) is 4.96. The molecule has 1 saturated carbocycles. The van der Waals surface area contributed by atoms with Crippen LogP contribution in [0.1, 0.15) is 31.7 Å². The molecule has 18 heavy (non-hydrogen) atoms. The molecule has 5 heteroatoms. The average molecular weight is 278 g/mol. The summed E-state index contributed by atoms with van der Waals surface area (Å²) in [7, 11) is 0. The van der Waals surface area contributed by atoms with Crippen LogP contribution in [0.3, 0.4) is 0 Å². The highest BCUT2D eigenvalue weighted by Crippen LogP contribution is 2.35. The molecule has 2 atom stereocenters. The van der Waals surface area contributed by atoms with E-state index in [1.807, 2.05) is 0 Å². The van der Waals surface area contributed by atoms with Crippen molar-refractivity contribution in [1.29, 1.82) is 0 Å². The molecule has 1 aliphatic rings. The van der Waals surface area contributed by atoms with Crippen LogP contribution in [-0.2, 0) is 6.18 Å². The summed E-state index contributed by atoms with van der Waals surface area (Å²) in [5.74, 6) is 0.531. The van der Waals surface area contributed by atoms with Crippen LogP contribution >= 0.6 is 11.6 Å². The molecule has 1 nitrogen and oxygen atoms in total. The number of nitrogens with one attached hydrogen (secondary N) is 1. The number of hydrogen-bond donors (Lipinski definition) is 1. The summed E-state index contributed by atoms with van der Waals surface area (Å²) in [6.45, 7) is 2.14. The minimum Gasteiger partial charge on any atom is -0.381 e. The highest BCUT2D eigenvalue weighted by Gasteiger charge is 2.31. The van der Waals surface area contributed by atoms with Gasteiger partial charge in [0.1, 0.15) is 0 Å². The lowest BCUT2D eigenvalue weighted by molar-refractivity contribution is -0.137. The molecule has 0 aliphatic heterocycles. The standard InChI is InChI=1S/C13H15ClF3N/c1-8-3-2-4-11(8)18-12-6-5-9(7-10(12)14)13(15,16)17/h5-8,11,18H,2-4H2,1H3. The lowest BCUT2D eigenvalue weighted by Gasteiger charge is -2.20. The fourth-order valence-electron chi connectivity index (χ4n) is 2.37. The minimum absolute atomic E-state index is 0.129. The van der Waals surface area contributed by atoms with E-state index < -0.39 is 11.7 Å². The minimum atomic E-state index is -4.34. The van der Waals surface area contributed by atoms with Gasteiger partial charge in [-0.05, 0) is 37.0 Å². The van der Waals surface area contributed by atoms with E-state index in [1.165, 1.54) is 6.07 Å². The Labute approximate surface area is 109 Å². The van der Waals surface area contributed by atoms with Crippen molar-refractivity contribution in [2.24, 2.45) is 5.92 Å². The van der Waals surface area contributed by atoms with Gasteiger partial charge in [0.25, 0.3) is 0 Å². The summed E-state index contributed by atoms with van der Waals surface area (Å²) in [5.41, 5.74) is -0.124. The molecular formula is C13H15ClF3N. The Kier molecular flexibility index (Phi) is 3.76. The van der Waals surface area contributed by atoms with Gasteiger partial charge in [-0.2, -0.15) is 13.2 Å². The molecule has 1 aliphatic carbocycles. The van der Waals surface area contributed by atoms with Crippen molar-refractivity contribution in [3.8, 4) is 0 Å². The van der Waals surface area contributed by atoms with E-state index >= 15 is 0 Å². The summed E-state index contributed by atoms with van der Waals surface area (Å²) in [6.07, 6.45) is -1.01. The fourth-order valence-corrected chi connectivity index (χ4v) is 2.60. The van der Waals surface area contributed by atoms with Crippen LogP contribution in [0.15, 0.2) is 18.2 Å². The zero-order chi connectivity index (χ0) is 13.3. The molecule has 0 bridgehead atoms. The van der Waals surface area contributed by atoms with Gasteiger partial charge >= 0.3 is 6.18 Å². The molecule has 0 amide bonds. The number of hydrogen-bond acceptors (Lipinski definition) is 1. The van der Waals surface area contributed by atoms with Crippen molar-refractivity contribution >= 4 is 17.3 Å². The monoisotopic (exact) mass is 277 g/mol. The van der Waals surface area contributed by atoms with Crippen molar-refractivity contribution < 1.29 is 13.2 Å². The molecule has 0 heterocycles. The van der Waals surface area contributed by atoms with Gasteiger partial charge in [0.2, 0.25) is 0 Å². The van der Waals surface area contributed by atoms with Gasteiger partial charge in [-0.15, -0.1) is 0 Å². The maximum Gasteiger partial charge on any atom is 0.416 e. The summed E-state index contributed by atoms with van der Waals surface area (Å²) in [5, 5.41) is 3.37.